The maximum atomic E-state index is 13.8. The molecule has 1 atom stereocenters. The Hall–Kier alpha value is -4.50. The monoisotopic (exact) mass is 613 g/mol. The first-order valence-corrected chi connectivity index (χ1v) is 13.9. The first-order valence-electron chi connectivity index (χ1n) is 13.9. The molecule has 0 amide bonds. The number of anilines is 2. The molecule has 5 heterocycles. The lowest BCUT2D eigenvalue weighted by molar-refractivity contribution is -0.147. The van der Waals surface area contributed by atoms with Crippen LogP contribution in [-0.4, -0.2) is 82.1 Å². The molecule has 15 heteroatoms. The molecule has 6 rings (SSSR count). The SMILES string of the molecule is COC(=O)c1nc(C(F)(F)F)n2c1CN(c1nc(N3CCOC[C@@H]3C)c3ccc(-c4ccc(OC)c(CO)c4)nc3n1)CC2. The molecule has 1 fully saturated rings. The zero-order valence-corrected chi connectivity index (χ0v) is 24.3. The van der Waals surface area contributed by atoms with Crippen molar-refractivity contribution in [2.24, 2.45) is 0 Å². The van der Waals surface area contributed by atoms with Gasteiger partial charge in [0.15, 0.2) is 11.3 Å². The molecule has 44 heavy (non-hydrogen) atoms. The van der Waals surface area contributed by atoms with E-state index in [1.807, 2.05) is 25.1 Å². The van der Waals surface area contributed by atoms with Gasteiger partial charge in [-0.05, 0) is 37.3 Å². The molecule has 0 unspecified atom stereocenters. The Bertz CT molecular complexity index is 1730. The number of methoxy groups -OCH3 is 2. The highest BCUT2D eigenvalue weighted by Gasteiger charge is 2.42. The number of esters is 1. The van der Waals surface area contributed by atoms with Gasteiger partial charge in [0.2, 0.25) is 11.8 Å². The Balaban J connectivity index is 1.47. The number of aromatic nitrogens is 5. The zero-order chi connectivity index (χ0) is 31.2. The molecular weight excluding hydrogens is 583 g/mol. The van der Waals surface area contributed by atoms with Gasteiger partial charge in [0, 0.05) is 30.8 Å². The number of aliphatic hydroxyl groups is 1. The maximum Gasteiger partial charge on any atom is 0.449 e. The summed E-state index contributed by atoms with van der Waals surface area (Å²) in [6, 6.07) is 9.10. The minimum atomic E-state index is -4.75. The second-order valence-corrected chi connectivity index (χ2v) is 10.5. The summed E-state index contributed by atoms with van der Waals surface area (Å²) < 4.78 is 58.1. The van der Waals surface area contributed by atoms with Crippen LogP contribution in [0.4, 0.5) is 24.9 Å². The summed E-state index contributed by atoms with van der Waals surface area (Å²) in [6.07, 6.45) is -4.75. The third-order valence-corrected chi connectivity index (χ3v) is 7.84. The number of alkyl halides is 3. The summed E-state index contributed by atoms with van der Waals surface area (Å²) >= 11 is 0. The van der Waals surface area contributed by atoms with Gasteiger partial charge in [-0.15, -0.1) is 0 Å². The predicted octanol–water partition coefficient (Wildman–Crippen LogP) is 3.44. The van der Waals surface area contributed by atoms with Crippen molar-refractivity contribution in [2.45, 2.75) is 38.8 Å². The van der Waals surface area contributed by atoms with Crippen LogP contribution < -0.4 is 14.5 Å². The van der Waals surface area contributed by atoms with Crippen LogP contribution in [0.15, 0.2) is 30.3 Å². The molecule has 4 aromatic rings. The van der Waals surface area contributed by atoms with Crippen LogP contribution in [0.3, 0.4) is 0 Å². The lowest BCUT2D eigenvalue weighted by Crippen LogP contribution is -2.44. The fraction of sp³-hybridized carbons (Fsp3) is 0.414. The van der Waals surface area contributed by atoms with Gasteiger partial charge in [0.25, 0.3) is 0 Å². The molecule has 1 N–H and O–H groups in total. The van der Waals surface area contributed by atoms with Crippen molar-refractivity contribution >= 4 is 28.8 Å². The number of pyridine rings is 1. The Morgan fingerprint density at radius 1 is 1.09 bits per heavy atom. The standard InChI is InChI=1S/C29H30F3N7O5/c1-16-15-44-11-10-38(16)25-19-5-6-20(17-4-7-22(42-2)18(12-17)14-40)33-24(19)35-28(36-25)37-8-9-39-21(13-37)23(26(41)43-3)34-27(39)29(30,31)32/h4-7,12,16,40H,8-11,13-15H2,1-3H3/t16-/m0/s1. The molecule has 0 bridgehead atoms. The van der Waals surface area contributed by atoms with Gasteiger partial charge in [-0.2, -0.15) is 23.1 Å². The number of halogens is 3. The molecule has 12 nitrogen and oxygen atoms in total. The summed E-state index contributed by atoms with van der Waals surface area (Å²) in [5.41, 5.74) is 1.99. The van der Waals surface area contributed by atoms with Gasteiger partial charge < -0.3 is 33.7 Å². The minimum absolute atomic E-state index is 0.00821. The van der Waals surface area contributed by atoms with Crippen molar-refractivity contribution in [1.29, 1.82) is 0 Å². The van der Waals surface area contributed by atoms with Crippen LogP contribution in [0.1, 0.15) is 34.5 Å². The molecule has 0 spiro atoms. The number of morpholine rings is 1. The highest BCUT2D eigenvalue weighted by Crippen LogP contribution is 2.35. The Labute approximate surface area is 250 Å². The minimum Gasteiger partial charge on any atom is -0.496 e. The number of nitrogens with zero attached hydrogens (tertiary/aromatic N) is 7. The number of hydrogen-bond acceptors (Lipinski definition) is 11. The fourth-order valence-electron chi connectivity index (χ4n) is 5.62. The van der Waals surface area contributed by atoms with Gasteiger partial charge in [-0.1, -0.05) is 0 Å². The molecule has 0 aliphatic carbocycles. The average molecular weight is 614 g/mol. The predicted molar refractivity (Wildman–Crippen MR) is 152 cm³/mol. The molecule has 0 radical (unpaired) electrons. The molecule has 1 aromatic carbocycles. The topological polar surface area (TPSA) is 128 Å². The van der Waals surface area contributed by atoms with Crippen molar-refractivity contribution in [3.05, 3.63) is 53.1 Å². The number of hydrogen-bond donors (Lipinski definition) is 1. The first kappa shape index (κ1) is 29.6. The van der Waals surface area contributed by atoms with Crippen molar-refractivity contribution < 1.29 is 37.3 Å². The van der Waals surface area contributed by atoms with E-state index in [9.17, 15) is 23.1 Å². The quantitative estimate of drug-likeness (QED) is 0.321. The van der Waals surface area contributed by atoms with Gasteiger partial charge in [0.1, 0.15) is 11.6 Å². The number of imidazole rings is 1. The van der Waals surface area contributed by atoms with Crippen LogP contribution in [-0.2, 0) is 35.3 Å². The summed E-state index contributed by atoms with van der Waals surface area (Å²) in [5, 5.41) is 10.5. The van der Waals surface area contributed by atoms with E-state index in [0.717, 1.165) is 17.2 Å². The van der Waals surface area contributed by atoms with Gasteiger partial charge in [-0.3, -0.25) is 0 Å². The Kier molecular flexibility index (Phi) is 7.75. The molecule has 2 aliphatic heterocycles. The fourth-order valence-corrected chi connectivity index (χ4v) is 5.62. The van der Waals surface area contributed by atoms with E-state index in [-0.39, 0.29) is 43.9 Å². The van der Waals surface area contributed by atoms with Gasteiger partial charge >= 0.3 is 12.1 Å². The van der Waals surface area contributed by atoms with Crippen LogP contribution in [0.2, 0.25) is 0 Å². The van der Waals surface area contributed by atoms with Gasteiger partial charge in [0.05, 0.1) is 63.4 Å². The van der Waals surface area contributed by atoms with Crippen molar-refractivity contribution in [2.75, 3.05) is 50.3 Å². The summed E-state index contributed by atoms with van der Waals surface area (Å²) in [5.74, 6) is -0.689. The molecule has 3 aromatic heterocycles. The lowest BCUT2D eigenvalue weighted by Gasteiger charge is -2.36. The number of carbonyl (C=O) groups is 1. The average Bonchev–Trinajstić information content (AvgIpc) is 3.43. The van der Waals surface area contributed by atoms with Crippen LogP contribution in [0, 0.1) is 0 Å². The van der Waals surface area contributed by atoms with E-state index in [2.05, 4.69) is 9.88 Å². The number of ether oxygens (including phenoxy) is 3. The first-order chi connectivity index (χ1) is 21.1. The zero-order valence-electron chi connectivity index (χ0n) is 24.3. The number of aliphatic hydroxyl groups excluding tert-OH is 1. The normalized spacial score (nSPS) is 17.1. The third kappa shape index (κ3) is 5.26. The molecule has 2 aliphatic rings. The van der Waals surface area contributed by atoms with E-state index in [1.54, 1.807) is 17.0 Å². The largest absolute Gasteiger partial charge is 0.496 e. The van der Waals surface area contributed by atoms with E-state index >= 15 is 0 Å². The second kappa shape index (κ2) is 11.5. The summed E-state index contributed by atoms with van der Waals surface area (Å²) in [6.45, 7) is 3.30. The smallest absolute Gasteiger partial charge is 0.449 e. The summed E-state index contributed by atoms with van der Waals surface area (Å²) in [7, 11) is 2.63. The van der Waals surface area contributed by atoms with Crippen molar-refractivity contribution in [1.82, 2.24) is 24.5 Å². The molecule has 0 saturated carbocycles. The van der Waals surface area contributed by atoms with Crippen molar-refractivity contribution in [3.63, 3.8) is 0 Å². The highest BCUT2D eigenvalue weighted by molar-refractivity contribution is 5.90. The van der Waals surface area contributed by atoms with Crippen molar-refractivity contribution in [3.8, 4) is 17.0 Å². The van der Waals surface area contributed by atoms with E-state index in [4.69, 9.17) is 29.2 Å². The number of carbonyl (C=O) groups excluding carboxylic acids is 1. The Morgan fingerprint density at radius 3 is 2.61 bits per heavy atom. The summed E-state index contributed by atoms with van der Waals surface area (Å²) in [4.78, 5) is 34.4. The number of benzene rings is 1. The molecular formula is C29H30F3N7O5. The van der Waals surface area contributed by atoms with E-state index in [1.165, 1.54) is 7.11 Å². The number of fused-ring (bicyclic) bond motifs is 2. The van der Waals surface area contributed by atoms with Gasteiger partial charge in [-0.25, -0.2) is 14.8 Å². The lowest BCUT2D eigenvalue weighted by atomic mass is 10.1. The second-order valence-electron chi connectivity index (χ2n) is 10.5. The van der Waals surface area contributed by atoms with E-state index < -0.39 is 23.7 Å². The number of rotatable bonds is 6. The molecule has 1 saturated heterocycles. The van der Waals surface area contributed by atoms with E-state index in [0.29, 0.717) is 53.6 Å². The molecule has 232 valence electrons. The maximum absolute atomic E-state index is 13.8. The third-order valence-electron chi connectivity index (χ3n) is 7.84. The van der Waals surface area contributed by atoms with Crippen LogP contribution in [0.5, 0.6) is 5.75 Å². The Morgan fingerprint density at radius 2 is 1.91 bits per heavy atom. The highest BCUT2D eigenvalue weighted by atomic mass is 19.4. The van der Waals surface area contributed by atoms with Crippen LogP contribution >= 0.6 is 0 Å². The van der Waals surface area contributed by atoms with Crippen LogP contribution in [0.25, 0.3) is 22.3 Å².